The molecule has 1 fully saturated rings. The third kappa shape index (κ3) is 5.25. The van der Waals surface area contributed by atoms with E-state index >= 15 is 0 Å². The van der Waals surface area contributed by atoms with Crippen LogP contribution in [0.3, 0.4) is 0 Å². The lowest BCUT2D eigenvalue weighted by Crippen LogP contribution is -2.47. The predicted molar refractivity (Wildman–Crippen MR) is 118 cm³/mol. The van der Waals surface area contributed by atoms with Crippen molar-refractivity contribution in [3.05, 3.63) is 60.2 Å². The first-order valence-electron chi connectivity index (χ1n) is 10.4. The third-order valence-corrected chi connectivity index (χ3v) is 7.24. The molecule has 1 aliphatic rings. The van der Waals surface area contributed by atoms with Crippen LogP contribution in [-0.2, 0) is 24.3 Å². The van der Waals surface area contributed by atoms with Crippen molar-refractivity contribution < 1.29 is 22.7 Å². The molecule has 1 heterocycles. The minimum Gasteiger partial charge on any atom is -0.466 e. The van der Waals surface area contributed by atoms with Gasteiger partial charge >= 0.3 is 5.97 Å². The molecule has 2 aromatic carbocycles. The molecule has 2 aromatic rings. The fourth-order valence-corrected chi connectivity index (χ4v) is 5.21. The van der Waals surface area contributed by atoms with Gasteiger partial charge in [0.15, 0.2) is 0 Å². The van der Waals surface area contributed by atoms with Gasteiger partial charge in [-0.2, -0.15) is 0 Å². The van der Waals surface area contributed by atoms with Crippen LogP contribution in [0.4, 0.5) is 5.69 Å². The molecule has 8 heteroatoms. The summed E-state index contributed by atoms with van der Waals surface area (Å²) in [6.45, 7) is 4.42. The Bertz CT molecular complexity index is 1020. The smallest absolute Gasteiger partial charge is 0.309 e. The van der Waals surface area contributed by atoms with Gasteiger partial charge in [0.05, 0.1) is 23.1 Å². The average Bonchev–Trinajstić information content (AvgIpc) is 2.78. The van der Waals surface area contributed by atoms with Gasteiger partial charge in [-0.05, 0) is 50.5 Å². The Hall–Kier alpha value is -2.87. The monoisotopic (exact) mass is 444 g/mol. The molecular weight excluding hydrogens is 416 g/mol. The van der Waals surface area contributed by atoms with Crippen LogP contribution in [0.1, 0.15) is 25.3 Å². The molecule has 0 saturated carbocycles. The number of hydrogen-bond acceptors (Lipinski definition) is 5. The Kier molecular flexibility index (Phi) is 7.33. The number of benzene rings is 2. The van der Waals surface area contributed by atoms with E-state index in [1.807, 2.05) is 19.1 Å². The second-order valence-electron chi connectivity index (χ2n) is 7.52. The average molecular weight is 445 g/mol. The van der Waals surface area contributed by atoms with Crippen molar-refractivity contribution in [2.24, 2.45) is 5.92 Å². The highest BCUT2D eigenvalue weighted by atomic mass is 32.2. The summed E-state index contributed by atoms with van der Waals surface area (Å²) in [5, 5.41) is 0. The molecule has 31 heavy (non-hydrogen) atoms. The summed E-state index contributed by atoms with van der Waals surface area (Å²) in [5.74, 6) is -0.739. The lowest BCUT2D eigenvalue weighted by atomic mass is 9.97. The van der Waals surface area contributed by atoms with Gasteiger partial charge in [0, 0.05) is 13.1 Å². The van der Waals surface area contributed by atoms with Crippen LogP contribution in [-0.4, -0.2) is 51.4 Å². The first-order valence-corrected chi connectivity index (χ1v) is 11.9. The number of esters is 1. The second-order valence-corrected chi connectivity index (χ2v) is 9.38. The van der Waals surface area contributed by atoms with E-state index in [9.17, 15) is 18.0 Å². The zero-order valence-corrected chi connectivity index (χ0v) is 18.7. The standard InChI is InChI=1S/C23H28N2O5S/c1-3-30-23(27)19-13-15-24(16-14-19)22(26)17-25(21-12-8-7-9-18(21)2)31(28,29)20-10-5-4-6-11-20/h4-12,19H,3,13-17H2,1-2H3. The predicted octanol–water partition coefficient (Wildman–Crippen LogP) is 2.99. The largest absolute Gasteiger partial charge is 0.466 e. The lowest BCUT2D eigenvalue weighted by molar-refractivity contribution is -0.151. The van der Waals surface area contributed by atoms with Gasteiger partial charge in [-0.3, -0.25) is 13.9 Å². The van der Waals surface area contributed by atoms with Gasteiger partial charge in [0.2, 0.25) is 5.91 Å². The Morgan fingerprint density at radius 2 is 1.65 bits per heavy atom. The highest BCUT2D eigenvalue weighted by molar-refractivity contribution is 7.92. The SMILES string of the molecule is CCOC(=O)C1CCN(C(=O)CN(c2ccccc2C)S(=O)(=O)c2ccccc2)CC1. The van der Waals surface area contributed by atoms with E-state index in [1.165, 1.54) is 16.4 Å². The summed E-state index contributed by atoms with van der Waals surface area (Å²) in [4.78, 5) is 26.8. The molecule has 3 rings (SSSR count). The minimum atomic E-state index is -3.93. The fourth-order valence-electron chi connectivity index (χ4n) is 3.71. The van der Waals surface area contributed by atoms with Gasteiger partial charge in [0.25, 0.3) is 10.0 Å². The number of aryl methyl sites for hydroxylation is 1. The molecule has 7 nitrogen and oxygen atoms in total. The molecule has 1 saturated heterocycles. The molecule has 0 spiro atoms. The van der Waals surface area contributed by atoms with Crippen molar-refractivity contribution >= 4 is 27.6 Å². The maximum absolute atomic E-state index is 13.4. The number of carbonyl (C=O) groups excluding carboxylic acids is 2. The molecule has 1 amide bonds. The van der Waals surface area contributed by atoms with E-state index in [1.54, 1.807) is 42.2 Å². The number of amides is 1. The maximum Gasteiger partial charge on any atom is 0.309 e. The van der Waals surface area contributed by atoms with Crippen LogP contribution in [0.15, 0.2) is 59.5 Å². The number of anilines is 1. The zero-order chi connectivity index (χ0) is 22.4. The molecular formula is C23H28N2O5S. The quantitative estimate of drug-likeness (QED) is 0.613. The Labute approximate surface area is 183 Å². The number of rotatable bonds is 7. The van der Waals surface area contributed by atoms with E-state index in [0.29, 0.717) is 38.2 Å². The van der Waals surface area contributed by atoms with Gasteiger partial charge in [-0.1, -0.05) is 36.4 Å². The topological polar surface area (TPSA) is 84.0 Å². The third-order valence-electron chi connectivity index (χ3n) is 5.46. The molecule has 1 aliphatic heterocycles. The van der Waals surface area contributed by atoms with Crippen LogP contribution >= 0.6 is 0 Å². The maximum atomic E-state index is 13.4. The minimum absolute atomic E-state index is 0.132. The molecule has 0 N–H and O–H groups in total. The summed E-state index contributed by atoms with van der Waals surface area (Å²) in [5.41, 5.74) is 1.23. The number of para-hydroxylation sites is 1. The van der Waals surface area contributed by atoms with Crippen LogP contribution < -0.4 is 4.31 Å². The summed E-state index contributed by atoms with van der Waals surface area (Å²) >= 11 is 0. The van der Waals surface area contributed by atoms with Crippen molar-refractivity contribution in [3.63, 3.8) is 0 Å². The highest BCUT2D eigenvalue weighted by Gasteiger charge is 2.32. The molecule has 0 radical (unpaired) electrons. The summed E-state index contributed by atoms with van der Waals surface area (Å²) in [6, 6.07) is 15.2. The van der Waals surface area contributed by atoms with E-state index in [-0.39, 0.29) is 29.2 Å². The number of carbonyl (C=O) groups is 2. The van der Waals surface area contributed by atoms with E-state index < -0.39 is 10.0 Å². The number of ether oxygens (including phenoxy) is 1. The number of likely N-dealkylation sites (tertiary alicyclic amines) is 1. The molecule has 0 atom stereocenters. The molecule has 0 unspecified atom stereocenters. The van der Waals surface area contributed by atoms with Crippen molar-refractivity contribution in [1.29, 1.82) is 0 Å². The lowest BCUT2D eigenvalue weighted by Gasteiger charge is -2.33. The summed E-state index contributed by atoms with van der Waals surface area (Å²) in [7, 11) is -3.93. The first kappa shape index (κ1) is 22.8. The molecule has 0 aromatic heterocycles. The second kappa shape index (κ2) is 9.96. The summed E-state index contributed by atoms with van der Waals surface area (Å²) < 4.78 is 33.1. The fraction of sp³-hybridized carbons (Fsp3) is 0.391. The van der Waals surface area contributed by atoms with Crippen molar-refractivity contribution in [2.75, 3.05) is 30.5 Å². The van der Waals surface area contributed by atoms with E-state index in [0.717, 1.165) is 5.56 Å². The molecule has 0 bridgehead atoms. The van der Waals surface area contributed by atoms with Crippen LogP contribution in [0.2, 0.25) is 0 Å². The summed E-state index contributed by atoms with van der Waals surface area (Å²) in [6.07, 6.45) is 1.03. The zero-order valence-electron chi connectivity index (χ0n) is 17.9. The van der Waals surface area contributed by atoms with Crippen molar-refractivity contribution in [2.45, 2.75) is 31.6 Å². The van der Waals surface area contributed by atoms with Crippen LogP contribution in [0, 0.1) is 12.8 Å². The number of hydrogen-bond donors (Lipinski definition) is 0. The van der Waals surface area contributed by atoms with Gasteiger partial charge in [-0.15, -0.1) is 0 Å². The normalized spacial score (nSPS) is 14.8. The Morgan fingerprint density at radius 1 is 1.03 bits per heavy atom. The van der Waals surface area contributed by atoms with Crippen molar-refractivity contribution in [3.8, 4) is 0 Å². The van der Waals surface area contributed by atoms with Gasteiger partial charge in [0.1, 0.15) is 6.54 Å². The van der Waals surface area contributed by atoms with Crippen LogP contribution in [0.5, 0.6) is 0 Å². The Morgan fingerprint density at radius 3 is 2.26 bits per heavy atom. The van der Waals surface area contributed by atoms with E-state index in [2.05, 4.69) is 0 Å². The number of piperidine rings is 1. The van der Waals surface area contributed by atoms with E-state index in [4.69, 9.17) is 4.74 Å². The number of nitrogens with zero attached hydrogens (tertiary/aromatic N) is 2. The molecule has 0 aliphatic carbocycles. The Balaban J connectivity index is 1.81. The highest BCUT2D eigenvalue weighted by Crippen LogP contribution is 2.27. The van der Waals surface area contributed by atoms with Gasteiger partial charge in [-0.25, -0.2) is 8.42 Å². The molecule has 166 valence electrons. The van der Waals surface area contributed by atoms with Crippen molar-refractivity contribution in [1.82, 2.24) is 4.90 Å². The van der Waals surface area contributed by atoms with Crippen LogP contribution in [0.25, 0.3) is 0 Å². The van der Waals surface area contributed by atoms with Gasteiger partial charge < -0.3 is 9.64 Å². The number of sulfonamides is 1. The first-order chi connectivity index (χ1) is 14.8.